The van der Waals surface area contributed by atoms with E-state index in [9.17, 15) is 4.79 Å². The van der Waals surface area contributed by atoms with Crippen LogP contribution in [0.4, 0.5) is 0 Å². The van der Waals surface area contributed by atoms with E-state index < -0.39 is 0 Å². The lowest BCUT2D eigenvalue weighted by atomic mass is 10.2. The van der Waals surface area contributed by atoms with Crippen molar-refractivity contribution in [1.29, 1.82) is 0 Å². The van der Waals surface area contributed by atoms with Gasteiger partial charge in [-0.15, -0.1) is 0 Å². The van der Waals surface area contributed by atoms with Crippen molar-refractivity contribution in [2.24, 2.45) is 0 Å². The van der Waals surface area contributed by atoms with E-state index in [1.165, 1.54) is 0 Å². The van der Waals surface area contributed by atoms with Crippen LogP contribution in [-0.4, -0.2) is 37.7 Å². The van der Waals surface area contributed by atoms with Gasteiger partial charge in [0.25, 0.3) is 0 Å². The van der Waals surface area contributed by atoms with Gasteiger partial charge < -0.3 is 15.4 Å². The van der Waals surface area contributed by atoms with Crippen LogP contribution in [0.5, 0.6) is 0 Å². The normalized spacial score (nSPS) is 37.6. The highest BCUT2D eigenvalue weighted by atomic mass is 16.5. The molecule has 2 saturated heterocycles. The third kappa shape index (κ3) is 1.52. The molecule has 2 N–H and O–H groups in total. The summed E-state index contributed by atoms with van der Waals surface area (Å²) in [6.07, 6.45) is 0.552. The fourth-order valence-corrected chi connectivity index (χ4v) is 1.55. The maximum Gasteiger partial charge on any atom is 0.221 e. The van der Waals surface area contributed by atoms with Gasteiger partial charge in [-0.25, -0.2) is 0 Å². The molecule has 11 heavy (non-hydrogen) atoms. The van der Waals surface area contributed by atoms with Crippen molar-refractivity contribution >= 4 is 5.91 Å². The van der Waals surface area contributed by atoms with Crippen LogP contribution in [0.1, 0.15) is 6.42 Å². The summed E-state index contributed by atoms with van der Waals surface area (Å²) in [6, 6.07) is 0.552. The summed E-state index contributed by atoms with van der Waals surface area (Å²) in [7, 11) is 0. The minimum absolute atomic E-state index is 0.135. The molecule has 2 aliphatic heterocycles. The van der Waals surface area contributed by atoms with Crippen LogP contribution in [0.25, 0.3) is 0 Å². The Morgan fingerprint density at radius 3 is 3.09 bits per heavy atom. The molecular weight excluding hydrogens is 144 g/mol. The molecule has 0 aromatic rings. The predicted octanol–water partition coefficient (Wildman–Crippen LogP) is -1.14. The number of rotatable bonds is 0. The Morgan fingerprint density at radius 1 is 1.36 bits per heavy atom. The number of nitrogens with one attached hydrogen (secondary N) is 2. The van der Waals surface area contributed by atoms with Gasteiger partial charge in [-0.2, -0.15) is 0 Å². The second-order valence-corrected chi connectivity index (χ2v) is 3.11. The first-order chi connectivity index (χ1) is 5.34. The minimum Gasteiger partial charge on any atom is -0.378 e. The van der Waals surface area contributed by atoms with Crippen LogP contribution in [0, 0.1) is 0 Å². The van der Waals surface area contributed by atoms with Gasteiger partial charge >= 0.3 is 0 Å². The van der Waals surface area contributed by atoms with E-state index in [1.807, 2.05) is 0 Å². The lowest BCUT2D eigenvalue weighted by Crippen LogP contribution is -2.49. The topological polar surface area (TPSA) is 50.4 Å². The van der Waals surface area contributed by atoms with E-state index in [-0.39, 0.29) is 11.9 Å². The van der Waals surface area contributed by atoms with Gasteiger partial charge in [0, 0.05) is 25.0 Å². The second kappa shape index (κ2) is 2.79. The zero-order chi connectivity index (χ0) is 7.68. The van der Waals surface area contributed by atoms with Gasteiger partial charge in [0.05, 0.1) is 13.2 Å². The molecule has 2 bridgehead atoms. The molecule has 4 heteroatoms. The maximum absolute atomic E-state index is 11.0. The number of hydrogen-bond acceptors (Lipinski definition) is 3. The van der Waals surface area contributed by atoms with E-state index >= 15 is 0 Å². The molecule has 0 aromatic carbocycles. The van der Waals surface area contributed by atoms with Crippen LogP contribution < -0.4 is 10.6 Å². The summed E-state index contributed by atoms with van der Waals surface area (Å²) in [6.45, 7) is 2.09. The Kier molecular flexibility index (Phi) is 1.79. The van der Waals surface area contributed by atoms with E-state index in [2.05, 4.69) is 10.6 Å². The largest absolute Gasteiger partial charge is 0.378 e. The molecule has 0 spiro atoms. The number of hydrogen-bond donors (Lipinski definition) is 2. The summed E-state index contributed by atoms with van der Waals surface area (Å²) in [5.74, 6) is 0.135. The van der Waals surface area contributed by atoms with Crippen molar-refractivity contribution in [2.75, 3.05) is 19.8 Å². The van der Waals surface area contributed by atoms with Gasteiger partial charge in [-0.3, -0.25) is 4.79 Å². The first-order valence-electron chi connectivity index (χ1n) is 3.95. The molecular formula is C7H12N2O2. The van der Waals surface area contributed by atoms with Gasteiger partial charge in [-0.1, -0.05) is 0 Å². The van der Waals surface area contributed by atoms with Crippen LogP contribution in [0.3, 0.4) is 0 Å². The number of fused-ring (bicyclic) bond motifs is 2. The molecule has 2 unspecified atom stereocenters. The Balaban J connectivity index is 2.04. The van der Waals surface area contributed by atoms with Gasteiger partial charge in [-0.05, 0) is 0 Å². The summed E-state index contributed by atoms with van der Waals surface area (Å²) in [4.78, 5) is 11.0. The van der Waals surface area contributed by atoms with E-state index in [0.29, 0.717) is 25.6 Å². The van der Waals surface area contributed by atoms with Crippen molar-refractivity contribution in [3.05, 3.63) is 0 Å². The molecule has 2 atom stereocenters. The van der Waals surface area contributed by atoms with E-state index in [1.54, 1.807) is 0 Å². The average Bonchev–Trinajstić information content (AvgIpc) is 2.12. The van der Waals surface area contributed by atoms with Crippen molar-refractivity contribution in [3.63, 3.8) is 0 Å². The van der Waals surface area contributed by atoms with Crippen LogP contribution >= 0.6 is 0 Å². The third-order valence-electron chi connectivity index (χ3n) is 2.09. The summed E-state index contributed by atoms with van der Waals surface area (Å²) < 4.78 is 5.31. The van der Waals surface area contributed by atoms with Gasteiger partial charge in [0.1, 0.15) is 0 Å². The summed E-state index contributed by atoms with van der Waals surface area (Å²) in [5.41, 5.74) is 0. The van der Waals surface area contributed by atoms with Crippen molar-refractivity contribution < 1.29 is 9.53 Å². The zero-order valence-corrected chi connectivity index (χ0v) is 6.30. The fraction of sp³-hybridized carbons (Fsp3) is 0.857. The minimum atomic E-state index is 0.135. The molecule has 62 valence electrons. The average molecular weight is 156 g/mol. The molecule has 2 aliphatic rings. The maximum atomic E-state index is 11.0. The predicted molar refractivity (Wildman–Crippen MR) is 39.2 cm³/mol. The molecule has 4 nitrogen and oxygen atoms in total. The number of amides is 1. The summed E-state index contributed by atoms with van der Waals surface area (Å²) in [5, 5.41) is 6.17. The molecule has 0 aliphatic carbocycles. The standard InChI is InChI=1S/C7H12N2O2/c10-7-1-5-3-11-4-6(9-5)2-8-7/h5-6,9H,1-4H2,(H,8,10). The lowest BCUT2D eigenvalue weighted by Gasteiger charge is -2.27. The van der Waals surface area contributed by atoms with Crippen LogP contribution in [-0.2, 0) is 9.53 Å². The third-order valence-corrected chi connectivity index (χ3v) is 2.09. The lowest BCUT2D eigenvalue weighted by molar-refractivity contribution is -0.121. The quantitative estimate of drug-likeness (QED) is 0.466. The molecule has 2 fully saturated rings. The van der Waals surface area contributed by atoms with E-state index in [4.69, 9.17) is 4.74 Å². The van der Waals surface area contributed by atoms with Crippen molar-refractivity contribution in [1.82, 2.24) is 10.6 Å². The number of ether oxygens (including phenoxy) is 1. The number of carbonyl (C=O) groups excluding carboxylic acids is 1. The van der Waals surface area contributed by atoms with Crippen LogP contribution in [0.15, 0.2) is 0 Å². The van der Waals surface area contributed by atoms with Crippen LogP contribution in [0.2, 0.25) is 0 Å². The smallest absolute Gasteiger partial charge is 0.221 e. The highest BCUT2D eigenvalue weighted by Crippen LogP contribution is 2.05. The molecule has 2 heterocycles. The molecule has 1 amide bonds. The Labute approximate surface area is 65.3 Å². The Bertz CT molecular complexity index is 172. The fourth-order valence-electron chi connectivity index (χ4n) is 1.55. The first-order valence-corrected chi connectivity index (χ1v) is 3.95. The Hall–Kier alpha value is -0.610. The zero-order valence-electron chi connectivity index (χ0n) is 6.30. The highest BCUT2D eigenvalue weighted by molar-refractivity contribution is 5.77. The number of carbonyl (C=O) groups is 1. The molecule has 0 aromatic heterocycles. The first kappa shape index (κ1) is 7.06. The van der Waals surface area contributed by atoms with Gasteiger partial charge in [0.15, 0.2) is 0 Å². The van der Waals surface area contributed by atoms with E-state index in [0.717, 1.165) is 6.61 Å². The SMILES string of the molecule is O=C1CC2COCC(CN1)N2. The Morgan fingerprint density at radius 2 is 2.18 bits per heavy atom. The summed E-state index contributed by atoms with van der Waals surface area (Å²) >= 11 is 0. The van der Waals surface area contributed by atoms with Gasteiger partial charge in [0.2, 0.25) is 5.91 Å². The van der Waals surface area contributed by atoms with Crippen molar-refractivity contribution in [3.8, 4) is 0 Å². The monoisotopic (exact) mass is 156 g/mol. The molecule has 0 radical (unpaired) electrons. The number of morpholine rings is 1. The highest BCUT2D eigenvalue weighted by Gasteiger charge is 2.26. The van der Waals surface area contributed by atoms with Crippen molar-refractivity contribution in [2.45, 2.75) is 18.5 Å². The molecule has 0 saturated carbocycles. The molecule has 2 rings (SSSR count). The second-order valence-electron chi connectivity index (χ2n) is 3.11.